The van der Waals surface area contributed by atoms with E-state index in [2.05, 4.69) is 35.3 Å². The second kappa shape index (κ2) is 12.3. The quantitative estimate of drug-likeness (QED) is 0.0701. The number of nitrogens with two attached hydrogens (primary N) is 2. The Kier molecular flexibility index (Phi) is 8.32. The lowest BCUT2D eigenvalue weighted by molar-refractivity contribution is 0.597. The van der Waals surface area contributed by atoms with Crippen molar-refractivity contribution in [1.29, 1.82) is 0 Å². The highest BCUT2D eigenvalue weighted by Crippen LogP contribution is 2.31. The molecule has 0 atom stereocenters. The van der Waals surface area contributed by atoms with Gasteiger partial charge in [0.25, 0.3) is 20.0 Å². The van der Waals surface area contributed by atoms with Gasteiger partial charge in [0.2, 0.25) is 11.9 Å². The van der Waals surface area contributed by atoms with E-state index in [1.165, 1.54) is 36.7 Å². The molecule has 2 aromatic heterocycles. The predicted octanol–water partition coefficient (Wildman–Crippen LogP) is 2.92. The van der Waals surface area contributed by atoms with Crippen LogP contribution in [0.15, 0.2) is 112 Å². The number of hydrazine groups is 1. The first-order chi connectivity index (χ1) is 21.0. The average Bonchev–Trinajstić information content (AvgIpc) is 3.30. The van der Waals surface area contributed by atoms with Crippen molar-refractivity contribution in [3.05, 3.63) is 103 Å². The molecule has 15 nitrogen and oxygen atoms in total. The van der Waals surface area contributed by atoms with Gasteiger partial charge >= 0.3 is 0 Å². The van der Waals surface area contributed by atoms with Gasteiger partial charge in [-0.05, 0) is 73.7 Å². The summed E-state index contributed by atoms with van der Waals surface area (Å²) in [6.45, 7) is 1.82. The van der Waals surface area contributed by atoms with Gasteiger partial charge in [-0.2, -0.15) is 8.42 Å². The lowest BCUT2D eigenvalue weighted by atomic mass is 10.3. The van der Waals surface area contributed by atoms with Gasteiger partial charge in [0.05, 0.1) is 26.9 Å². The molecule has 5 rings (SSSR count). The highest BCUT2D eigenvalue weighted by molar-refractivity contribution is 7.92. The van der Waals surface area contributed by atoms with E-state index in [-0.39, 0.29) is 15.7 Å². The number of anilines is 5. The predicted molar refractivity (Wildman–Crippen MR) is 168 cm³/mol. The second-order valence-electron chi connectivity index (χ2n) is 9.15. The summed E-state index contributed by atoms with van der Waals surface area (Å²) in [5, 5.41) is 7.97. The summed E-state index contributed by atoms with van der Waals surface area (Å²) < 4.78 is 57.4. The van der Waals surface area contributed by atoms with Gasteiger partial charge in [-0.15, -0.1) is 9.50 Å². The van der Waals surface area contributed by atoms with E-state index in [0.717, 1.165) is 5.69 Å². The fourth-order valence-corrected chi connectivity index (χ4v) is 5.80. The van der Waals surface area contributed by atoms with E-state index in [1.54, 1.807) is 35.0 Å². The van der Waals surface area contributed by atoms with Crippen LogP contribution in [0.1, 0.15) is 5.69 Å². The molecule has 5 aromatic rings. The van der Waals surface area contributed by atoms with E-state index < -0.39 is 26.0 Å². The molecule has 0 aliphatic heterocycles. The van der Waals surface area contributed by atoms with E-state index >= 15 is 0 Å². The molecular formula is C27H27N11O4S2. The van der Waals surface area contributed by atoms with Crippen LogP contribution < -0.4 is 32.4 Å². The lowest BCUT2D eigenvalue weighted by Gasteiger charge is -2.13. The minimum absolute atomic E-state index is 0.0243. The maximum Gasteiger partial charge on any atom is 0.285 e. The van der Waals surface area contributed by atoms with Crippen LogP contribution in [-0.4, -0.2) is 42.5 Å². The SMILES string of the molecule is Cc1c(NNc2ccc(S(=O)(=O)Nc3ncccn3)cc2)c(Nc2ccccc2)nn1-c1ccc(S(=O)(=O)N=C(N)N)cc1. The standard InChI is InChI=1S/C27H27N11O4S2/c1-18-24(34-33-20-8-12-22(13-9-20)44(41,42)37-27-30-16-5-17-31-27)25(32-19-6-3-2-4-7-19)35-38(18)21-10-14-23(15-11-21)43(39,40)36-26(28)29/h2-17,33-34H,1H3,(H,32,35)(H4,28,29,36)(H,30,31,37). The Hall–Kier alpha value is -5.68. The van der Waals surface area contributed by atoms with Crippen molar-refractivity contribution in [3.8, 4) is 5.69 Å². The third kappa shape index (κ3) is 6.85. The van der Waals surface area contributed by atoms with Crippen LogP contribution in [0, 0.1) is 6.92 Å². The zero-order valence-electron chi connectivity index (χ0n) is 23.1. The highest BCUT2D eigenvalue weighted by atomic mass is 32.2. The molecule has 3 aromatic carbocycles. The fraction of sp³-hybridized carbons (Fsp3) is 0.0370. The summed E-state index contributed by atoms with van der Waals surface area (Å²) in [7, 11) is -7.95. The zero-order chi connectivity index (χ0) is 31.3. The molecular weight excluding hydrogens is 607 g/mol. The molecule has 0 aliphatic carbocycles. The maximum atomic E-state index is 12.7. The van der Waals surface area contributed by atoms with Gasteiger partial charge < -0.3 is 22.2 Å². The van der Waals surface area contributed by atoms with E-state index in [1.807, 2.05) is 37.3 Å². The van der Waals surface area contributed by atoms with Crippen molar-refractivity contribution < 1.29 is 16.8 Å². The number of aromatic nitrogens is 4. The Bertz CT molecular complexity index is 2000. The summed E-state index contributed by atoms with van der Waals surface area (Å²) in [5.74, 6) is -0.136. The van der Waals surface area contributed by atoms with Crippen molar-refractivity contribution >= 4 is 54.8 Å². The van der Waals surface area contributed by atoms with Crippen LogP contribution >= 0.6 is 0 Å². The van der Waals surface area contributed by atoms with Gasteiger partial charge in [0.15, 0.2) is 5.82 Å². The summed E-state index contributed by atoms with van der Waals surface area (Å²) in [6, 6.07) is 22.9. The molecule has 0 unspecified atom stereocenters. The molecule has 226 valence electrons. The molecule has 0 aliphatic rings. The van der Waals surface area contributed by atoms with Crippen molar-refractivity contribution in [2.45, 2.75) is 16.7 Å². The van der Waals surface area contributed by atoms with Crippen LogP contribution in [0.25, 0.3) is 5.69 Å². The number of hydrogen-bond donors (Lipinski definition) is 6. The largest absolute Gasteiger partial charge is 0.369 e. The Morgan fingerprint density at radius 3 is 2.05 bits per heavy atom. The molecule has 44 heavy (non-hydrogen) atoms. The molecule has 0 amide bonds. The van der Waals surface area contributed by atoms with Gasteiger partial charge in [-0.1, -0.05) is 18.2 Å². The number of hydrogen-bond acceptors (Lipinski definition) is 10. The van der Waals surface area contributed by atoms with Crippen LogP contribution in [0.4, 0.5) is 28.8 Å². The topological polar surface area (TPSA) is 224 Å². The maximum absolute atomic E-state index is 12.7. The van der Waals surface area contributed by atoms with Crippen LogP contribution in [0.2, 0.25) is 0 Å². The van der Waals surface area contributed by atoms with Gasteiger partial charge in [0, 0.05) is 18.1 Å². The molecule has 17 heteroatoms. The third-order valence-electron chi connectivity index (χ3n) is 6.05. The van der Waals surface area contributed by atoms with E-state index in [4.69, 9.17) is 16.6 Å². The minimum Gasteiger partial charge on any atom is -0.369 e. The van der Waals surface area contributed by atoms with Gasteiger partial charge in [-0.25, -0.2) is 27.8 Å². The Morgan fingerprint density at radius 1 is 0.773 bits per heavy atom. The second-order valence-corrected chi connectivity index (χ2v) is 12.4. The van der Waals surface area contributed by atoms with E-state index in [0.29, 0.717) is 28.6 Å². The molecule has 2 heterocycles. The van der Waals surface area contributed by atoms with Crippen molar-refractivity contribution in [2.24, 2.45) is 15.9 Å². The number of benzene rings is 3. The Morgan fingerprint density at radius 2 is 1.41 bits per heavy atom. The molecule has 0 saturated carbocycles. The molecule has 0 saturated heterocycles. The Balaban J connectivity index is 1.40. The average molecular weight is 634 g/mol. The first-order valence-electron chi connectivity index (χ1n) is 12.8. The number of nitrogens with one attached hydrogen (secondary N) is 4. The summed E-state index contributed by atoms with van der Waals surface area (Å²) in [4.78, 5) is 7.71. The molecule has 0 spiro atoms. The van der Waals surface area contributed by atoms with Crippen LogP contribution in [-0.2, 0) is 20.0 Å². The van der Waals surface area contributed by atoms with Crippen molar-refractivity contribution in [2.75, 3.05) is 20.9 Å². The summed E-state index contributed by atoms with van der Waals surface area (Å²) in [6.07, 6.45) is 2.87. The molecule has 0 fully saturated rings. The Labute approximate surface area is 253 Å². The minimum atomic E-state index is -4.05. The summed E-state index contributed by atoms with van der Waals surface area (Å²) >= 11 is 0. The number of rotatable bonds is 11. The summed E-state index contributed by atoms with van der Waals surface area (Å²) in [5.41, 5.74) is 19.9. The molecule has 0 radical (unpaired) electrons. The monoisotopic (exact) mass is 633 g/mol. The van der Waals surface area contributed by atoms with Crippen molar-refractivity contribution in [3.63, 3.8) is 0 Å². The highest BCUT2D eigenvalue weighted by Gasteiger charge is 2.19. The smallest absolute Gasteiger partial charge is 0.285 e. The number of guanidine groups is 1. The normalized spacial score (nSPS) is 11.4. The first-order valence-corrected chi connectivity index (χ1v) is 15.7. The first kappa shape index (κ1) is 29.8. The molecule has 8 N–H and O–H groups in total. The van der Waals surface area contributed by atoms with Gasteiger partial charge in [-0.3, -0.25) is 5.43 Å². The number of nitrogens with zero attached hydrogens (tertiary/aromatic N) is 5. The number of sulfonamides is 2. The number of para-hydroxylation sites is 1. The fourth-order valence-electron chi connectivity index (χ4n) is 3.98. The zero-order valence-corrected chi connectivity index (χ0v) is 24.7. The van der Waals surface area contributed by atoms with Crippen molar-refractivity contribution in [1.82, 2.24) is 19.7 Å². The van der Waals surface area contributed by atoms with Crippen LogP contribution in [0.5, 0.6) is 0 Å². The molecule has 0 bridgehead atoms. The lowest BCUT2D eigenvalue weighted by Crippen LogP contribution is -2.24. The third-order valence-corrected chi connectivity index (χ3v) is 8.71. The van der Waals surface area contributed by atoms with Crippen LogP contribution in [0.3, 0.4) is 0 Å². The van der Waals surface area contributed by atoms with E-state index in [9.17, 15) is 16.8 Å². The van der Waals surface area contributed by atoms with Gasteiger partial charge in [0.1, 0.15) is 5.69 Å².